The molecule has 0 spiro atoms. The molecule has 0 aliphatic rings. The Morgan fingerprint density at radius 1 is 1.16 bits per heavy atom. The van der Waals surface area contributed by atoms with Crippen LogP contribution in [0.5, 0.6) is 0 Å². The lowest BCUT2D eigenvalue weighted by Crippen LogP contribution is -2.38. The molecule has 2 aromatic rings. The van der Waals surface area contributed by atoms with E-state index in [0.29, 0.717) is 0 Å². The van der Waals surface area contributed by atoms with Crippen molar-refractivity contribution in [2.45, 2.75) is 20.8 Å². The number of benzene rings is 2. The molecule has 4 nitrogen and oxygen atoms in total. The number of aryl methyl sites for hydroxylation is 2. The highest BCUT2D eigenvalue weighted by atomic mass is 35.5. The lowest BCUT2D eigenvalue weighted by molar-refractivity contribution is -0.116. The minimum absolute atomic E-state index is 0.0511. The molecular formula is C19H20ClFN2O2. The molecule has 0 radical (unpaired) electrons. The number of hydrogen-bond donors (Lipinski definition) is 1. The molecule has 0 saturated heterocycles. The van der Waals surface area contributed by atoms with Crippen LogP contribution in [-0.4, -0.2) is 24.9 Å². The molecule has 1 N–H and O–H groups in total. The van der Waals surface area contributed by atoms with Crippen LogP contribution >= 0.6 is 11.6 Å². The second-order valence-electron chi connectivity index (χ2n) is 5.87. The van der Waals surface area contributed by atoms with Crippen LogP contribution in [0.15, 0.2) is 36.4 Å². The molecule has 0 aliphatic heterocycles. The monoisotopic (exact) mass is 362 g/mol. The Kier molecular flexibility index (Phi) is 6.15. The molecule has 0 heterocycles. The maximum Gasteiger partial charge on any atom is 0.255 e. The molecule has 6 heteroatoms. The molecule has 0 fully saturated rings. The van der Waals surface area contributed by atoms with Gasteiger partial charge in [0.05, 0.1) is 10.6 Å². The van der Waals surface area contributed by atoms with E-state index >= 15 is 0 Å². The topological polar surface area (TPSA) is 49.4 Å². The van der Waals surface area contributed by atoms with Crippen molar-refractivity contribution in [3.63, 3.8) is 0 Å². The maximum absolute atomic E-state index is 13.8. The quantitative estimate of drug-likeness (QED) is 0.877. The van der Waals surface area contributed by atoms with Gasteiger partial charge in [0.15, 0.2) is 0 Å². The van der Waals surface area contributed by atoms with Crippen LogP contribution in [0.1, 0.15) is 28.4 Å². The van der Waals surface area contributed by atoms with Crippen molar-refractivity contribution in [3.05, 3.63) is 63.9 Å². The van der Waals surface area contributed by atoms with Crippen LogP contribution in [0, 0.1) is 19.7 Å². The van der Waals surface area contributed by atoms with Gasteiger partial charge in [0, 0.05) is 25.7 Å². The summed E-state index contributed by atoms with van der Waals surface area (Å²) in [6.45, 7) is 5.83. The molecule has 25 heavy (non-hydrogen) atoms. The number of hydrogen-bond acceptors (Lipinski definition) is 2. The molecule has 0 unspecified atom stereocenters. The zero-order chi connectivity index (χ0) is 18.6. The number of carbonyl (C=O) groups is 2. The minimum atomic E-state index is -0.678. The molecule has 2 aromatic carbocycles. The summed E-state index contributed by atoms with van der Waals surface area (Å²) in [6.07, 6.45) is 0. The van der Waals surface area contributed by atoms with E-state index in [9.17, 15) is 14.0 Å². The van der Waals surface area contributed by atoms with E-state index < -0.39 is 11.7 Å². The van der Waals surface area contributed by atoms with Crippen molar-refractivity contribution < 1.29 is 14.0 Å². The number of amides is 2. The molecule has 2 rings (SSSR count). The largest absolute Gasteiger partial charge is 0.350 e. The summed E-state index contributed by atoms with van der Waals surface area (Å²) >= 11 is 5.88. The first kappa shape index (κ1) is 18.9. The van der Waals surface area contributed by atoms with Crippen molar-refractivity contribution in [2.75, 3.05) is 18.0 Å². The molecule has 0 bridgehead atoms. The molecule has 0 atom stereocenters. The van der Waals surface area contributed by atoms with Crippen molar-refractivity contribution >= 4 is 29.1 Å². The number of halogens is 2. The van der Waals surface area contributed by atoms with E-state index in [1.54, 1.807) is 4.90 Å². The van der Waals surface area contributed by atoms with Gasteiger partial charge in [0.1, 0.15) is 5.82 Å². The van der Waals surface area contributed by atoms with E-state index in [1.807, 2.05) is 32.0 Å². The third kappa shape index (κ3) is 4.79. The van der Waals surface area contributed by atoms with Gasteiger partial charge >= 0.3 is 0 Å². The van der Waals surface area contributed by atoms with Gasteiger partial charge in [0.2, 0.25) is 5.91 Å². The van der Waals surface area contributed by atoms with Crippen LogP contribution in [-0.2, 0) is 4.79 Å². The highest BCUT2D eigenvalue weighted by Gasteiger charge is 2.17. The number of nitrogens with one attached hydrogen (secondary N) is 1. The average Bonchev–Trinajstić information content (AvgIpc) is 2.50. The van der Waals surface area contributed by atoms with E-state index in [1.165, 1.54) is 25.1 Å². The standard InChI is InChI=1S/C19H20ClFN2O2/c1-12-9-13(2)11-15(10-12)23(14(3)24)8-7-22-19(25)18-16(20)5-4-6-17(18)21/h4-6,9-11H,7-8H2,1-3H3,(H,22,25). The summed E-state index contributed by atoms with van der Waals surface area (Å²) < 4.78 is 13.8. The second kappa shape index (κ2) is 8.12. The third-order valence-electron chi connectivity index (χ3n) is 3.71. The summed E-state index contributed by atoms with van der Waals surface area (Å²) in [5.74, 6) is -1.42. The van der Waals surface area contributed by atoms with Gasteiger partial charge in [-0.3, -0.25) is 9.59 Å². The number of carbonyl (C=O) groups excluding carboxylic acids is 2. The van der Waals surface area contributed by atoms with Gasteiger partial charge in [-0.2, -0.15) is 0 Å². The molecule has 0 saturated carbocycles. The first-order valence-corrected chi connectivity index (χ1v) is 8.26. The Hall–Kier alpha value is -2.40. The van der Waals surface area contributed by atoms with Crippen LogP contribution in [0.4, 0.5) is 10.1 Å². The van der Waals surface area contributed by atoms with Crippen molar-refractivity contribution in [1.29, 1.82) is 0 Å². The van der Waals surface area contributed by atoms with Gasteiger partial charge in [-0.25, -0.2) is 4.39 Å². The SMILES string of the molecule is CC(=O)N(CCNC(=O)c1c(F)cccc1Cl)c1cc(C)cc(C)c1. The van der Waals surface area contributed by atoms with Crippen molar-refractivity contribution in [3.8, 4) is 0 Å². The fraction of sp³-hybridized carbons (Fsp3) is 0.263. The molecule has 0 aliphatic carbocycles. The first-order valence-electron chi connectivity index (χ1n) is 7.88. The van der Waals surface area contributed by atoms with Gasteiger partial charge in [-0.15, -0.1) is 0 Å². The lowest BCUT2D eigenvalue weighted by Gasteiger charge is -2.22. The van der Waals surface area contributed by atoms with Crippen LogP contribution in [0.2, 0.25) is 5.02 Å². The molecule has 132 valence electrons. The van der Waals surface area contributed by atoms with E-state index in [0.717, 1.165) is 16.8 Å². The predicted molar refractivity (Wildman–Crippen MR) is 97.7 cm³/mol. The van der Waals surface area contributed by atoms with E-state index in [2.05, 4.69) is 5.32 Å². The van der Waals surface area contributed by atoms with Crippen LogP contribution < -0.4 is 10.2 Å². The maximum atomic E-state index is 13.8. The third-order valence-corrected chi connectivity index (χ3v) is 4.02. The van der Waals surface area contributed by atoms with Crippen LogP contribution in [0.3, 0.4) is 0 Å². The molecule has 0 aromatic heterocycles. The summed E-state index contributed by atoms with van der Waals surface area (Å²) in [5.41, 5.74) is 2.67. The zero-order valence-electron chi connectivity index (χ0n) is 14.4. The Balaban J connectivity index is 2.07. The summed E-state index contributed by atoms with van der Waals surface area (Å²) in [7, 11) is 0. The minimum Gasteiger partial charge on any atom is -0.350 e. The number of rotatable bonds is 5. The average molecular weight is 363 g/mol. The lowest BCUT2D eigenvalue weighted by atomic mass is 10.1. The number of anilines is 1. The normalized spacial score (nSPS) is 10.4. The molecule has 2 amide bonds. The summed E-state index contributed by atoms with van der Waals surface area (Å²) in [6, 6.07) is 9.90. The summed E-state index contributed by atoms with van der Waals surface area (Å²) in [5, 5.41) is 2.66. The van der Waals surface area contributed by atoms with Gasteiger partial charge in [-0.05, 0) is 49.2 Å². The van der Waals surface area contributed by atoms with Crippen molar-refractivity contribution in [2.24, 2.45) is 0 Å². The predicted octanol–water partition coefficient (Wildman–Crippen LogP) is 3.88. The smallest absolute Gasteiger partial charge is 0.255 e. The van der Waals surface area contributed by atoms with E-state index in [4.69, 9.17) is 11.6 Å². The Bertz CT molecular complexity index is 768. The Morgan fingerprint density at radius 2 is 1.80 bits per heavy atom. The zero-order valence-corrected chi connectivity index (χ0v) is 15.2. The van der Waals surface area contributed by atoms with Gasteiger partial charge in [0.25, 0.3) is 5.91 Å². The van der Waals surface area contributed by atoms with Gasteiger partial charge in [-0.1, -0.05) is 23.7 Å². The summed E-state index contributed by atoms with van der Waals surface area (Å²) in [4.78, 5) is 25.7. The number of nitrogens with zero attached hydrogens (tertiary/aromatic N) is 1. The first-order chi connectivity index (χ1) is 11.8. The van der Waals surface area contributed by atoms with Crippen molar-refractivity contribution in [1.82, 2.24) is 5.32 Å². The molecular weight excluding hydrogens is 343 g/mol. The Morgan fingerprint density at radius 3 is 2.36 bits per heavy atom. The second-order valence-corrected chi connectivity index (χ2v) is 6.28. The van der Waals surface area contributed by atoms with Gasteiger partial charge < -0.3 is 10.2 Å². The highest BCUT2D eigenvalue weighted by molar-refractivity contribution is 6.33. The fourth-order valence-electron chi connectivity index (χ4n) is 2.66. The van der Waals surface area contributed by atoms with E-state index in [-0.39, 0.29) is 29.6 Å². The van der Waals surface area contributed by atoms with Crippen LogP contribution in [0.25, 0.3) is 0 Å². The highest BCUT2D eigenvalue weighted by Crippen LogP contribution is 2.20. The fourth-order valence-corrected chi connectivity index (χ4v) is 2.91. The Labute approximate surface area is 151 Å².